The Labute approximate surface area is 132 Å². The van der Waals surface area contributed by atoms with Gasteiger partial charge in [-0.05, 0) is 37.1 Å². The van der Waals surface area contributed by atoms with Gasteiger partial charge in [0, 0.05) is 0 Å². The Hall–Kier alpha value is -0.980. The van der Waals surface area contributed by atoms with Crippen LogP contribution in [-0.2, 0) is 10.0 Å². The van der Waals surface area contributed by atoms with Crippen LogP contribution in [0.4, 0.5) is 4.39 Å². The second-order valence-corrected chi connectivity index (χ2v) is 7.39. The molecule has 126 valence electrons. The van der Waals surface area contributed by atoms with E-state index in [9.17, 15) is 17.9 Å². The first-order chi connectivity index (χ1) is 10.4. The minimum Gasteiger partial charge on any atom is -0.394 e. The highest BCUT2D eigenvalue weighted by atomic mass is 32.2. The van der Waals surface area contributed by atoms with E-state index in [1.807, 2.05) is 13.8 Å². The van der Waals surface area contributed by atoms with Crippen LogP contribution in [0, 0.1) is 5.82 Å². The summed E-state index contributed by atoms with van der Waals surface area (Å²) in [6.45, 7) is 3.81. The van der Waals surface area contributed by atoms with E-state index in [4.69, 9.17) is 0 Å². The van der Waals surface area contributed by atoms with Crippen molar-refractivity contribution in [3.8, 4) is 0 Å². The number of nitrogens with one attached hydrogen (secondary N) is 1. The summed E-state index contributed by atoms with van der Waals surface area (Å²) < 4.78 is 40.6. The lowest BCUT2D eigenvalue weighted by Crippen LogP contribution is -2.51. The number of unbranched alkanes of at least 4 members (excludes halogenated alkanes) is 2. The molecule has 2 N–H and O–H groups in total. The van der Waals surface area contributed by atoms with Gasteiger partial charge in [0.15, 0.2) is 0 Å². The van der Waals surface area contributed by atoms with Crippen molar-refractivity contribution in [1.82, 2.24) is 4.72 Å². The standard InChI is InChI=1S/C16H26FNO3S/c1-3-5-11-16(13-19,12-6-4-2)18-22(20,21)15-9-7-14(17)8-10-15/h7-10,18-19H,3-6,11-13H2,1-2H3. The number of halogens is 1. The minimum atomic E-state index is -3.78. The van der Waals surface area contributed by atoms with Gasteiger partial charge in [-0.3, -0.25) is 0 Å². The molecule has 1 rings (SSSR count). The second kappa shape index (κ2) is 8.60. The highest BCUT2D eigenvalue weighted by molar-refractivity contribution is 7.89. The van der Waals surface area contributed by atoms with Crippen molar-refractivity contribution in [2.24, 2.45) is 0 Å². The van der Waals surface area contributed by atoms with Crippen molar-refractivity contribution in [3.05, 3.63) is 30.1 Å². The molecule has 0 saturated carbocycles. The summed E-state index contributed by atoms with van der Waals surface area (Å²) >= 11 is 0. The van der Waals surface area contributed by atoms with Crippen molar-refractivity contribution in [2.75, 3.05) is 6.61 Å². The lowest BCUT2D eigenvalue weighted by atomic mass is 9.89. The lowest BCUT2D eigenvalue weighted by Gasteiger charge is -2.33. The maximum atomic E-state index is 13.0. The van der Waals surface area contributed by atoms with E-state index >= 15 is 0 Å². The smallest absolute Gasteiger partial charge is 0.241 e. The molecular weight excluding hydrogens is 305 g/mol. The van der Waals surface area contributed by atoms with Crippen molar-refractivity contribution in [2.45, 2.75) is 62.8 Å². The van der Waals surface area contributed by atoms with Crippen molar-refractivity contribution in [3.63, 3.8) is 0 Å². The van der Waals surface area contributed by atoms with E-state index in [-0.39, 0.29) is 11.5 Å². The van der Waals surface area contributed by atoms with Crippen molar-refractivity contribution >= 4 is 10.0 Å². The fraction of sp³-hybridized carbons (Fsp3) is 0.625. The molecule has 6 heteroatoms. The van der Waals surface area contributed by atoms with Gasteiger partial charge in [0.1, 0.15) is 5.82 Å². The van der Waals surface area contributed by atoms with Gasteiger partial charge in [0.05, 0.1) is 17.0 Å². The van der Waals surface area contributed by atoms with Gasteiger partial charge >= 0.3 is 0 Å². The Morgan fingerprint density at radius 3 is 2.00 bits per heavy atom. The maximum Gasteiger partial charge on any atom is 0.241 e. The first-order valence-corrected chi connectivity index (χ1v) is 9.28. The van der Waals surface area contributed by atoms with E-state index in [1.165, 1.54) is 12.1 Å². The molecule has 0 atom stereocenters. The van der Waals surface area contributed by atoms with Gasteiger partial charge in [0.2, 0.25) is 10.0 Å². The number of sulfonamides is 1. The summed E-state index contributed by atoms with van der Waals surface area (Å²) in [5, 5.41) is 9.80. The molecule has 0 aliphatic heterocycles. The molecule has 1 aromatic carbocycles. The number of benzene rings is 1. The second-order valence-electron chi connectivity index (χ2n) is 5.70. The van der Waals surface area contributed by atoms with Gasteiger partial charge in [0.25, 0.3) is 0 Å². The quantitative estimate of drug-likeness (QED) is 0.692. The normalized spacial score (nSPS) is 12.5. The zero-order chi connectivity index (χ0) is 16.6. The van der Waals surface area contributed by atoms with E-state index in [0.717, 1.165) is 37.8 Å². The Bertz CT molecular complexity index is 535. The number of rotatable bonds is 10. The van der Waals surface area contributed by atoms with E-state index in [0.29, 0.717) is 12.8 Å². The van der Waals surface area contributed by atoms with Crippen LogP contribution in [0.15, 0.2) is 29.2 Å². The molecule has 0 aliphatic carbocycles. The largest absolute Gasteiger partial charge is 0.394 e. The van der Waals surface area contributed by atoms with Gasteiger partial charge in [-0.1, -0.05) is 39.5 Å². The molecule has 0 heterocycles. The average Bonchev–Trinajstić information content (AvgIpc) is 2.50. The van der Waals surface area contributed by atoms with Crippen molar-refractivity contribution < 1.29 is 17.9 Å². The topological polar surface area (TPSA) is 66.4 Å². The third-order valence-electron chi connectivity index (χ3n) is 3.80. The maximum absolute atomic E-state index is 13.0. The molecule has 0 fully saturated rings. The molecule has 0 unspecified atom stereocenters. The monoisotopic (exact) mass is 331 g/mol. The van der Waals surface area contributed by atoms with E-state index in [2.05, 4.69) is 4.72 Å². The molecule has 0 spiro atoms. The molecule has 0 radical (unpaired) electrons. The van der Waals surface area contributed by atoms with Gasteiger partial charge in [-0.15, -0.1) is 0 Å². The highest BCUT2D eigenvalue weighted by Gasteiger charge is 2.33. The number of aliphatic hydroxyl groups excluding tert-OH is 1. The lowest BCUT2D eigenvalue weighted by molar-refractivity contribution is 0.158. The summed E-state index contributed by atoms with van der Waals surface area (Å²) in [5.41, 5.74) is -0.848. The van der Waals surface area contributed by atoms with Crippen LogP contribution in [0.25, 0.3) is 0 Å². The average molecular weight is 331 g/mol. The fourth-order valence-corrected chi connectivity index (χ4v) is 3.86. The van der Waals surface area contributed by atoms with Gasteiger partial charge in [-0.25, -0.2) is 17.5 Å². The third-order valence-corrected chi connectivity index (χ3v) is 5.39. The summed E-state index contributed by atoms with van der Waals surface area (Å²) in [5.74, 6) is -0.482. The zero-order valence-electron chi connectivity index (χ0n) is 13.3. The van der Waals surface area contributed by atoms with Crippen molar-refractivity contribution in [1.29, 1.82) is 0 Å². The summed E-state index contributed by atoms with van der Waals surface area (Å²) in [6, 6.07) is 4.71. The first-order valence-electron chi connectivity index (χ1n) is 7.79. The molecule has 0 saturated heterocycles. The Morgan fingerprint density at radius 2 is 1.59 bits per heavy atom. The molecule has 22 heavy (non-hydrogen) atoms. The number of hydrogen-bond donors (Lipinski definition) is 2. The molecular formula is C16H26FNO3S. The Kier molecular flexibility index (Phi) is 7.45. The molecule has 0 amide bonds. The van der Waals surface area contributed by atoms with Crippen LogP contribution in [-0.4, -0.2) is 25.7 Å². The van der Waals surface area contributed by atoms with Gasteiger partial charge < -0.3 is 5.11 Å². The summed E-state index contributed by atoms with van der Waals surface area (Å²) in [6.07, 6.45) is 4.67. The van der Waals surface area contributed by atoms with Crippen LogP contribution >= 0.6 is 0 Å². The first kappa shape index (κ1) is 19.1. The predicted molar refractivity (Wildman–Crippen MR) is 85.6 cm³/mol. The molecule has 0 aromatic heterocycles. The van der Waals surface area contributed by atoms with Gasteiger partial charge in [-0.2, -0.15) is 0 Å². The molecule has 0 bridgehead atoms. The predicted octanol–water partition coefficient (Wildman–Crippen LogP) is 3.22. The third kappa shape index (κ3) is 5.34. The molecule has 4 nitrogen and oxygen atoms in total. The zero-order valence-corrected chi connectivity index (χ0v) is 14.1. The SMILES string of the molecule is CCCCC(CO)(CCCC)NS(=O)(=O)c1ccc(F)cc1. The highest BCUT2D eigenvalue weighted by Crippen LogP contribution is 2.24. The molecule has 0 aliphatic rings. The Morgan fingerprint density at radius 1 is 1.09 bits per heavy atom. The fourth-order valence-electron chi connectivity index (χ4n) is 2.41. The number of aliphatic hydroxyl groups is 1. The van der Waals surface area contributed by atoms with E-state index in [1.54, 1.807) is 0 Å². The number of hydrogen-bond acceptors (Lipinski definition) is 3. The summed E-state index contributed by atoms with van der Waals surface area (Å²) in [4.78, 5) is 0.0136. The van der Waals surface area contributed by atoms with Crippen LogP contribution in [0.1, 0.15) is 52.4 Å². The van der Waals surface area contributed by atoms with Crippen LogP contribution < -0.4 is 4.72 Å². The minimum absolute atomic E-state index is 0.0136. The van der Waals surface area contributed by atoms with E-state index < -0.39 is 21.4 Å². The van der Waals surface area contributed by atoms with Crippen LogP contribution in [0.2, 0.25) is 0 Å². The van der Waals surface area contributed by atoms with Crippen LogP contribution in [0.3, 0.4) is 0 Å². The Balaban J connectivity index is 3.01. The van der Waals surface area contributed by atoms with Crippen LogP contribution in [0.5, 0.6) is 0 Å². The molecule has 1 aromatic rings. The summed E-state index contributed by atoms with van der Waals surface area (Å²) in [7, 11) is -3.78.